The highest BCUT2D eigenvalue weighted by Gasteiger charge is 2.29. The van der Waals surface area contributed by atoms with Crippen LogP contribution in [0, 0.1) is 13.8 Å². The number of aryl methyl sites for hydroxylation is 3. The maximum Gasteiger partial charge on any atom is 0.264 e. The van der Waals surface area contributed by atoms with Gasteiger partial charge in [0.2, 0.25) is 0 Å². The highest BCUT2D eigenvalue weighted by atomic mass is 32.2. The quantitative estimate of drug-likeness (QED) is 0.665. The molecule has 3 aromatic rings. The molecule has 3 aromatic carbocycles. The van der Waals surface area contributed by atoms with Crippen LogP contribution in [0.2, 0.25) is 0 Å². The van der Waals surface area contributed by atoms with E-state index in [9.17, 15) is 13.2 Å². The highest BCUT2D eigenvalue weighted by molar-refractivity contribution is 7.92. The maximum absolute atomic E-state index is 13.2. The number of hydrogen-bond donors (Lipinski definition) is 1. The number of nitrogens with zero attached hydrogens (tertiary/aromatic N) is 1. The molecule has 1 aliphatic heterocycles. The van der Waals surface area contributed by atoms with Crippen molar-refractivity contribution in [3.63, 3.8) is 0 Å². The number of nitrogens with one attached hydrogen (secondary N) is 1. The third-order valence-electron chi connectivity index (χ3n) is 5.52. The van der Waals surface area contributed by atoms with Crippen LogP contribution in [-0.2, 0) is 16.4 Å². The van der Waals surface area contributed by atoms with Crippen molar-refractivity contribution in [2.75, 3.05) is 16.2 Å². The number of amides is 1. The van der Waals surface area contributed by atoms with Gasteiger partial charge < -0.3 is 5.32 Å². The Morgan fingerprint density at radius 2 is 1.70 bits per heavy atom. The Morgan fingerprint density at radius 1 is 0.933 bits per heavy atom. The zero-order valence-electron chi connectivity index (χ0n) is 17.1. The summed E-state index contributed by atoms with van der Waals surface area (Å²) in [6.07, 6.45) is 1.56. The van der Waals surface area contributed by atoms with Crippen LogP contribution in [0.4, 0.5) is 11.4 Å². The number of hydrogen-bond acceptors (Lipinski definition) is 3. The van der Waals surface area contributed by atoms with Crippen molar-refractivity contribution in [2.45, 2.75) is 31.6 Å². The van der Waals surface area contributed by atoms with Gasteiger partial charge in [-0.3, -0.25) is 9.10 Å². The molecular weight excluding hydrogens is 396 g/mol. The van der Waals surface area contributed by atoms with E-state index in [-0.39, 0.29) is 10.8 Å². The van der Waals surface area contributed by atoms with Crippen LogP contribution in [0.5, 0.6) is 0 Å². The highest BCUT2D eigenvalue weighted by Crippen LogP contribution is 2.34. The van der Waals surface area contributed by atoms with Crippen LogP contribution in [0.15, 0.2) is 71.6 Å². The van der Waals surface area contributed by atoms with Gasteiger partial charge in [0, 0.05) is 17.8 Å². The summed E-state index contributed by atoms with van der Waals surface area (Å²) in [7, 11) is -3.66. The molecule has 0 spiro atoms. The molecule has 0 saturated heterocycles. The average molecular weight is 421 g/mol. The molecule has 0 aromatic heterocycles. The molecule has 4 rings (SSSR count). The Hall–Kier alpha value is -3.12. The minimum atomic E-state index is -3.66. The zero-order chi connectivity index (χ0) is 21.3. The number of anilines is 2. The number of benzene rings is 3. The molecule has 30 heavy (non-hydrogen) atoms. The Morgan fingerprint density at radius 3 is 2.43 bits per heavy atom. The van der Waals surface area contributed by atoms with Gasteiger partial charge in [-0.15, -0.1) is 0 Å². The zero-order valence-corrected chi connectivity index (χ0v) is 17.9. The van der Waals surface area contributed by atoms with E-state index in [1.165, 1.54) is 4.31 Å². The molecule has 154 valence electrons. The van der Waals surface area contributed by atoms with Crippen molar-refractivity contribution in [2.24, 2.45) is 0 Å². The van der Waals surface area contributed by atoms with Gasteiger partial charge >= 0.3 is 0 Å². The summed E-state index contributed by atoms with van der Waals surface area (Å²) in [6.45, 7) is 4.39. The smallest absolute Gasteiger partial charge is 0.264 e. The third-order valence-corrected chi connectivity index (χ3v) is 7.35. The molecule has 1 heterocycles. The number of sulfonamides is 1. The van der Waals surface area contributed by atoms with Gasteiger partial charge in [-0.25, -0.2) is 8.42 Å². The molecule has 1 amide bonds. The Balaban J connectivity index is 1.65. The second-order valence-electron chi connectivity index (χ2n) is 7.59. The van der Waals surface area contributed by atoms with E-state index < -0.39 is 10.0 Å². The topological polar surface area (TPSA) is 66.5 Å². The molecule has 0 saturated carbocycles. The first-order valence-corrected chi connectivity index (χ1v) is 11.4. The molecule has 0 fully saturated rings. The van der Waals surface area contributed by atoms with E-state index >= 15 is 0 Å². The number of rotatable bonds is 4. The lowest BCUT2D eigenvalue weighted by atomic mass is 10.0. The van der Waals surface area contributed by atoms with Crippen LogP contribution in [-0.4, -0.2) is 20.9 Å². The van der Waals surface area contributed by atoms with E-state index in [0.29, 0.717) is 23.5 Å². The lowest BCUT2D eigenvalue weighted by molar-refractivity contribution is 0.102. The van der Waals surface area contributed by atoms with Gasteiger partial charge in [0.05, 0.1) is 10.6 Å². The monoisotopic (exact) mass is 420 g/mol. The Kier molecular flexibility index (Phi) is 5.35. The summed E-state index contributed by atoms with van der Waals surface area (Å²) in [5.41, 5.74) is 4.92. The van der Waals surface area contributed by atoms with Crippen molar-refractivity contribution in [1.82, 2.24) is 0 Å². The van der Waals surface area contributed by atoms with Gasteiger partial charge in [0.25, 0.3) is 15.9 Å². The number of carbonyl (C=O) groups excluding carboxylic acids is 1. The fourth-order valence-corrected chi connectivity index (χ4v) is 5.23. The summed E-state index contributed by atoms with van der Waals surface area (Å²) in [5, 5.41) is 2.91. The Labute approximate surface area is 177 Å². The van der Waals surface area contributed by atoms with E-state index in [1.54, 1.807) is 42.5 Å². The van der Waals surface area contributed by atoms with Gasteiger partial charge in [-0.2, -0.15) is 0 Å². The molecule has 0 atom stereocenters. The summed E-state index contributed by atoms with van der Waals surface area (Å²) in [5.74, 6) is -0.216. The lowest BCUT2D eigenvalue weighted by Crippen LogP contribution is -2.35. The fourth-order valence-electron chi connectivity index (χ4n) is 3.67. The fraction of sp³-hybridized carbons (Fsp3) is 0.208. The van der Waals surface area contributed by atoms with Crippen molar-refractivity contribution in [3.8, 4) is 0 Å². The predicted molar refractivity (Wildman–Crippen MR) is 120 cm³/mol. The van der Waals surface area contributed by atoms with Crippen LogP contribution in [0.25, 0.3) is 0 Å². The molecule has 6 heteroatoms. The number of carbonyl (C=O) groups is 1. The third kappa shape index (κ3) is 3.83. The molecule has 5 nitrogen and oxygen atoms in total. The largest absolute Gasteiger partial charge is 0.322 e. The first kappa shape index (κ1) is 20.2. The molecular formula is C24H24N2O3S. The average Bonchev–Trinajstić information content (AvgIpc) is 2.75. The normalized spacial score (nSPS) is 13.6. The Bertz CT molecular complexity index is 1200. The number of fused-ring (bicyclic) bond motifs is 1. The van der Waals surface area contributed by atoms with E-state index in [2.05, 4.69) is 5.32 Å². The van der Waals surface area contributed by atoms with Gasteiger partial charge in [-0.1, -0.05) is 30.3 Å². The minimum absolute atomic E-state index is 0.216. The minimum Gasteiger partial charge on any atom is -0.322 e. The van der Waals surface area contributed by atoms with Crippen LogP contribution >= 0.6 is 0 Å². The summed E-state index contributed by atoms with van der Waals surface area (Å²) < 4.78 is 27.9. The van der Waals surface area contributed by atoms with Gasteiger partial charge in [0.1, 0.15) is 0 Å². The van der Waals surface area contributed by atoms with Crippen molar-refractivity contribution in [1.29, 1.82) is 0 Å². The summed E-state index contributed by atoms with van der Waals surface area (Å²) in [6, 6.07) is 19.5. The maximum atomic E-state index is 13.2. The molecule has 0 unspecified atom stereocenters. The molecule has 1 aliphatic rings. The van der Waals surface area contributed by atoms with Crippen LogP contribution in [0.3, 0.4) is 0 Å². The van der Waals surface area contributed by atoms with E-state index in [1.807, 2.05) is 38.1 Å². The predicted octanol–water partition coefficient (Wildman–Crippen LogP) is 4.70. The van der Waals surface area contributed by atoms with Crippen molar-refractivity contribution < 1.29 is 13.2 Å². The second-order valence-corrected chi connectivity index (χ2v) is 9.45. The van der Waals surface area contributed by atoms with Crippen molar-refractivity contribution in [3.05, 3.63) is 89.0 Å². The molecule has 0 bridgehead atoms. The lowest BCUT2D eigenvalue weighted by Gasteiger charge is -2.31. The molecule has 1 N–H and O–H groups in total. The first-order valence-electron chi connectivity index (χ1n) is 9.95. The van der Waals surface area contributed by atoms with E-state index in [4.69, 9.17) is 0 Å². The van der Waals surface area contributed by atoms with Gasteiger partial charge in [0.15, 0.2) is 0 Å². The second kappa shape index (κ2) is 7.95. The summed E-state index contributed by atoms with van der Waals surface area (Å²) in [4.78, 5) is 13.0. The van der Waals surface area contributed by atoms with Crippen LogP contribution < -0.4 is 9.62 Å². The van der Waals surface area contributed by atoms with Crippen molar-refractivity contribution >= 4 is 27.3 Å². The summed E-state index contributed by atoms with van der Waals surface area (Å²) >= 11 is 0. The molecule has 0 aliphatic carbocycles. The molecule has 0 radical (unpaired) electrons. The van der Waals surface area contributed by atoms with Crippen LogP contribution in [0.1, 0.15) is 33.5 Å². The standard InChI is InChI=1S/C24H24N2O3S/c1-17-10-11-20(15-18(17)2)24(27)25-21-13-12-19-7-6-14-26(23(19)16-21)30(28,29)22-8-4-3-5-9-22/h3-5,8-13,15-16H,6-7,14H2,1-2H3,(H,25,27). The van der Waals surface area contributed by atoms with Gasteiger partial charge in [-0.05, 0) is 79.8 Å². The SMILES string of the molecule is Cc1ccc(C(=O)Nc2ccc3c(c2)N(S(=O)(=O)c2ccccc2)CCC3)cc1C. The van der Waals surface area contributed by atoms with E-state index in [0.717, 1.165) is 29.5 Å². The first-order chi connectivity index (χ1) is 14.4.